The summed E-state index contributed by atoms with van der Waals surface area (Å²) >= 11 is 0. The number of ether oxygens (including phenoxy) is 2. The molecule has 0 radical (unpaired) electrons. The molecule has 0 bridgehead atoms. The van der Waals surface area contributed by atoms with Crippen molar-refractivity contribution >= 4 is 5.69 Å². The van der Waals surface area contributed by atoms with Gasteiger partial charge >= 0.3 is 0 Å². The second-order valence-corrected chi connectivity index (χ2v) is 4.69. The summed E-state index contributed by atoms with van der Waals surface area (Å²) in [6.45, 7) is 6.15. The number of hydrogen-bond donors (Lipinski definition) is 1. The first-order valence-electron chi connectivity index (χ1n) is 7.51. The van der Waals surface area contributed by atoms with E-state index in [9.17, 15) is 0 Å². The fourth-order valence-electron chi connectivity index (χ4n) is 2.17. The highest BCUT2D eigenvalue weighted by Crippen LogP contribution is 2.29. The number of nitrogens with one attached hydrogen (secondary N) is 1. The van der Waals surface area contributed by atoms with E-state index in [4.69, 9.17) is 9.47 Å². The molecule has 0 amide bonds. The predicted molar refractivity (Wildman–Crippen MR) is 87.4 cm³/mol. The molecule has 112 valence electrons. The van der Waals surface area contributed by atoms with Gasteiger partial charge in [0, 0.05) is 12.6 Å². The lowest BCUT2D eigenvalue weighted by molar-refractivity contribution is 0.332. The fraction of sp³-hybridized carbons (Fsp3) is 0.333. The van der Waals surface area contributed by atoms with Gasteiger partial charge in [-0.1, -0.05) is 30.3 Å². The van der Waals surface area contributed by atoms with Crippen LogP contribution < -0.4 is 14.8 Å². The van der Waals surface area contributed by atoms with E-state index >= 15 is 0 Å². The Morgan fingerprint density at radius 1 is 0.905 bits per heavy atom. The summed E-state index contributed by atoms with van der Waals surface area (Å²) in [6, 6.07) is 16.3. The maximum atomic E-state index is 5.65. The van der Waals surface area contributed by atoms with Crippen LogP contribution in [0.15, 0.2) is 48.5 Å². The SMILES string of the molecule is CCOc1ccc(OCC)c(NCCc2ccccc2)c1. The molecular formula is C18H23NO2. The first-order chi connectivity index (χ1) is 10.3. The topological polar surface area (TPSA) is 30.5 Å². The van der Waals surface area contributed by atoms with Crippen molar-refractivity contribution in [2.75, 3.05) is 25.1 Å². The van der Waals surface area contributed by atoms with Crippen molar-refractivity contribution in [3.8, 4) is 11.5 Å². The Bertz CT molecular complexity index is 540. The molecule has 2 rings (SSSR count). The largest absolute Gasteiger partial charge is 0.494 e. The van der Waals surface area contributed by atoms with Gasteiger partial charge in [0.1, 0.15) is 11.5 Å². The van der Waals surface area contributed by atoms with E-state index < -0.39 is 0 Å². The first kappa shape index (κ1) is 15.2. The van der Waals surface area contributed by atoms with Gasteiger partial charge in [-0.05, 0) is 38.0 Å². The van der Waals surface area contributed by atoms with Crippen LogP contribution in [-0.4, -0.2) is 19.8 Å². The number of anilines is 1. The molecular weight excluding hydrogens is 262 g/mol. The maximum Gasteiger partial charge on any atom is 0.142 e. The van der Waals surface area contributed by atoms with Gasteiger partial charge in [0.2, 0.25) is 0 Å². The molecule has 21 heavy (non-hydrogen) atoms. The third kappa shape index (κ3) is 4.71. The molecule has 0 fully saturated rings. The van der Waals surface area contributed by atoms with Crippen molar-refractivity contribution in [3.05, 3.63) is 54.1 Å². The monoisotopic (exact) mass is 285 g/mol. The van der Waals surface area contributed by atoms with E-state index in [-0.39, 0.29) is 0 Å². The Morgan fingerprint density at radius 3 is 2.38 bits per heavy atom. The van der Waals surface area contributed by atoms with Gasteiger partial charge in [-0.3, -0.25) is 0 Å². The van der Waals surface area contributed by atoms with E-state index in [2.05, 4.69) is 29.6 Å². The quantitative estimate of drug-likeness (QED) is 0.790. The van der Waals surface area contributed by atoms with Crippen LogP contribution in [0.4, 0.5) is 5.69 Å². The zero-order chi connectivity index (χ0) is 14.9. The van der Waals surface area contributed by atoms with Crippen molar-refractivity contribution in [2.24, 2.45) is 0 Å². The highest BCUT2D eigenvalue weighted by Gasteiger charge is 2.05. The standard InChI is InChI=1S/C18H23NO2/c1-3-20-16-10-11-18(21-4-2)17(14-16)19-13-12-15-8-6-5-7-9-15/h5-11,14,19H,3-4,12-13H2,1-2H3. The molecule has 2 aromatic rings. The summed E-state index contributed by atoms with van der Waals surface area (Å²) in [5.41, 5.74) is 2.31. The van der Waals surface area contributed by atoms with Crippen LogP contribution in [0.3, 0.4) is 0 Å². The fourth-order valence-corrected chi connectivity index (χ4v) is 2.17. The minimum Gasteiger partial charge on any atom is -0.494 e. The lowest BCUT2D eigenvalue weighted by atomic mass is 10.1. The predicted octanol–water partition coefficient (Wildman–Crippen LogP) is 4.14. The van der Waals surface area contributed by atoms with Gasteiger partial charge in [-0.15, -0.1) is 0 Å². The number of rotatable bonds is 8. The third-order valence-electron chi connectivity index (χ3n) is 3.13. The maximum absolute atomic E-state index is 5.65. The van der Waals surface area contributed by atoms with Crippen molar-refractivity contribution in [1.82, 2.24) is 0 Å². The Morgan fingerprint density at radius 2 is 1.67 bits per heavy atom. The lowest BCUT2D eigenvalue weighted by Crippen LogP contribution is -2.07. The molecule has 0 heterocycles. The van der Waals surface area contributed by atoms with Crippen LogP contribution in [-0.2, 0) is 6.42 Å². The average molecular weight is 285 g/mol. The summed E-state index contributed by atoms with van der Waals surface area (Å²) in [5.74, 6) is 1.73. The zero-order valence-electron chi connectivity index (χ0n) is 12.8. The van der Waals surface area contributed by atoms with Gasteiger partial charge in [0.25, 0.3) is 0 Å². The highest BCUT2D eigenvalue weighted by molar-refractivity contribution is 5.59. The van der Waals surface area contributed by atoms with Gasteiger partial charge in [0.05, 0.1) is 18.9 Å². The Kier molecular flexibility index (Phi) is 5.95. The van der Waals surface area contributed by atoms with E-state index in [1.165, 1.54) is 5.56 Å². The van der Waals surface area contributed by atoms with E-state index in [1.54, 1.807) is 0 Å². The van der Waals surface area contributed by atoms with E-state index in [0.717, 1.165) is 30.2 Å². The van der Waals surface area contributed by atoms with E-state index in [0.29, 0.717) is 13.2 Å². The molecule has 0 atom stereocenters. The smallest absolute Gasteiger partial charge is 0.142 e. The average Bonchev–Trinajstić information content (AvgIpc) is 2.51. The normalized spacial score (nSPS) is 10.2. The molecule has 0 aliphatic carbocycles. The molecule has 3 heteroatoms. The molecule has 0 saturated carbocycles. The summed E-state index contributed by atoms with van der Waals surface area (Å²) in [4.78, 5) is 0. The lowest BCUT2D eigenvalue weighted by Gasteiger charge is -2.14. The van der Waals surface area contributed by atoms with Crippen LogP contribution in [0.25, 0.3) is 0 Å². The molecule has 0 saturated heterocycles. The van der Waals surface area contributed by atoms with Crippen molar-refractivity contribution in [2.45, 2.75) is 20.3 Å². The number of hydrogen-bond acceptors (Lipinski definition) is 3. The van der Waals surface area contributed by atoms with Crippen molar-refractivity contribution < 1.29 is 9.47 Å². The van der Waals surface area contributed by atoms with Gasteiger partial charge < -0.3 is 14.8 Å². The van der Waals surface area contributed by atoms with Gasteiger partial charge in [0.15, 0.2) is 0 Å². The second-order valence-electron chi connectivity index (χ2n) is 4.69. The second kappa shape index (κ2) is 8.20. The van der Waals surface area contributed by atoms with Crippen LogP contribution in [0.2, 0.25) is 0 Å². The summed E-state index contributed by atoms with van der Waals surface area (Å²) < 4.78 is 11.2. The minimum absolute atomic E-state index is 0.654. The number of benzene rings is 2. The molecule has 3 nitrogen and oxygen atoms in total. The molecule has 2 aromatic carbocycles. The minimum atomic E-state index is 0.654. The van der Waals surface area contributed by atoms with Crippen LogP contribution in [0.1, 0.15) is 19.4 Å². The van der Waals surface area contributed by atoms with Gasteiger partial charge in [-0.2, -0.15) is 0 Å². The Labute approximate surface area is 126 Å². The molecule has 1 N–H and O–H groups in total. The van der Waals surface area contributed by atoms with E-state index in [1.807, 2.05) is 38.1 Å². The molecule has 0 spiro atoms. The summed E-state index contributed by atoms with van der Waals surface area (Å²) in [6.07, 6.45) is 0.977. The van der Waals surface area contributed by atoms with Crippen LogP contribution >= 0.6 is 0 Å². The van der Waals surface area contributed by atoms with Crippen LogP contribution in [0, 0.1) is 0 Å². The molecule has 0 aliphatic heterocycles. The molecule has 0 aliphatic rings. The van der Waals surface area contributed by atoms with Crippen LogP contribution in [0.5, 0.6) is 11.5 Å². The molecule has 0 unspecified atom stereocenters. The highest BCUT2D eigenvalue weighted by atomic mass is 16.5. The summed E-state index contributed by atoms with van der Waals surface area (Å²) in [7, 11) is 0. The summed E-state index contributed by atoms with van der Waals surface area (Å²) in [5, 5.41) is 3.44. The Hall–Kier alpha value is -2.16. The van der Waals surface area contributed by atoms with Crippen molar-refractivity contribution in [3.63, 3.8) is 0 Å². The van der Waals surface area contributed by atoms with Gasteiger partial charge in [-0.25, -0.2) is 0 Å². The van der Waals surface area contributed by atoms with Crippen molar-refractivity contribution in [1.29, 1.82) is 0 Å². The molecule has 0 aromatic heterocycles. The Balaban J connectivity index is 2.00. The third-order valence-corrected chi connectivity index (χ3v) is 3.13. The first-order valence-corrected chi connectivity index (χ1v) is 7.51. The zero-order valence-corrected chi connectivity index (χ0v) is 12.8.